The predicted octanol–water partition coefficient (Wildman–Crippen LogP) is 3.35. The number of carbonyl (C=O) groups excluding carboxylic acids is 1. The topological polar surface area (TPSA) is 70.4 Å². The lowest BCUT2D eigenvalue weighted by molar-refractivity contribution is -0.135. The van der Waals surface area contributed by atoms with E-state index in [1.807, 2.05) is 0 Å². The summed E-state index contributed by atoms with van der Waals surface area (Å²) >= 11 is 5.57. The third kappa shape index (κ3) is 3.47. The average molecular weight is 400 g/mol. The highest BCUT2D eigenvalue weighted by molar-refractivity contribution is 6.30. The van der Waals surface area contributed by atoms with Crippen molar-refractivity contribution in [3.63, 3.8) is 0 Å². The predicted molar refractivity (Wildman–Crippen MR) is 91.9 cm³/mol. The fraction of sp³-hybridized carbons (Fsp3) is 0.368. The summed E-state index contributed by atoms with van der Waals surface area (Å²) in [5, 5.41) is 19.8. The van der Waals surface area contributed by atoms with Gasteiger partial charge in [-0.1, -0.05) is 17.7 Å². The monoisotopic (exact) mass is 399 g/mol. The molecule has 2 atom stereocenters. The Hall–Kier alpha value is -1.96. The van der Waals surface area contributed by atoms with Crippen LogP contribution in [0, 0.1) is 11.6 Å². The molecule has 3 rings (SSSR count). The van der Waals surface area contributed by atoms with Gasteiger partial charge in [0, 0.05) is 28.8 Å². The number of Topliss-reactive ketones (excluding diaryl/α,β-unsaturated/α-hetero) is 1. The molecule has 0 aliphatic heterocycles. The van der Waals surface area contributed by atoms with E-state index >= 15 is 4.39 Å². The van der Waals surface area contributed by atoms with Crippen molar-refractivity contribution in [2.75, 3.05) is 6.61 Å². The lowest BCUT2D eigenvalue weighted by Gasteiger charge is -2.38. The SMILES string of the molecule is O=C(CCc1c(F)cc(Cl)cc1F)[C@]1(F)CC[C@@](O)(CO)c2ncccc21. The summed E-state index contributed by atoms with van der Waals surface area (Å²) in [6.45, 7) is -0.664. The number of benzene rings is 1. The number of hydrogen-bond acceptors (Lipinski definition) is 4. The first kappa shape index (κ1) is 19.8. The second kappa shape index (κ2) is 7.22. The molecular weight excluding hydrogens is 383 g/mol. The number of hydrogen-bond donors (Lipinski definition) is 2. The van der Waals surface area contributed by atoms with Crippen LogP contribution in [0.15, 0.2) is 30.5 Å². The standard InChI is InChI=1S/C19H17ClF3NO3/c20-11-8-14(21)12(15(22)9-11)3-4-16(26)19(23)6-5-18(27,10-25)17-13(19)2-1-7-24-17/h1-2,7-9,25,27H,3-6,10H2/t18-,19+/m1/s1. The number of aromatic nitrogens is 1. The lowest BCUT2D eigenvalue weighted by Crippen LogP contribution is -2.45. The number of halogens is 4. The minimum Gasteiger partial charge on any atom is -0.393 e. The van der Waals surface area contributed by atoms with Crippen LogP contribution >= 0.6 is 11.6 Å². The molecule has 0 bridgehead atoms. The number of aliphatic hydroxyl groups is 2. The van der Waals surface area contributed by atoms with Crippen LogP contribution in [-0.4, -0.2) is 27.6 Å². The van der Waals surface area contributed by atoms with E-state index < -0.39 is 41.7 Å². The van der Waals surface area contributed by atoms with E-state index in [0.29, 0.717) is 0 Å². The molecule has 2 aromatic rings. The number of carbonyl (C=O) groups is 1. The zero-order valence-electron chi connectivity index (χ0n) is 14.2. The summed E-state index contributed by atoms with van der Waals surface area (Å²) < 4.78 is 43.4. The first-order valence-corrected chi connectivity index (χ1v) is 8.74. The van der Waals surface area contributed by atoms with Crippen LogP contribution in [0.25, 0.3) is 0 Å². The second-order valence-electron chi connectivity index (χ2n) is 6.66. The Balaban J connectivity index is 1.88. The Morgan fingerprint density at radius 1 is 1.26 bits per heavy atom. The van der Waals surface area contributed by atoms with Gasteiger partial charge in [0.05, 0.1) is 12.3 Å². The van der Waals surface area contributed by atoms with Crippen molar-refractivity contribution in [2.45, 2.75) is 37.0 Å². The van der Waals surface area contributed by atoms with Gasteiger partial charge in [0.25, 0.3) is 0 Å². The maximum Gasteiger partial charge on any atom is 0.195 e. The second-order valence-corrected chi connectivity index (χ2v) is 7.10. The Morgan fingerprint density at radius 2 is 1.93 bits per heavy atom. The van der Waals surface area contributed by atoms with E-state index in [4.69, 9.17) is 11.6 Å². The molecule has 1 heterocycles. The molecule has 0 radical (unpaired) electrons. The van der Waals surface area contributed by atoms with Gasteiger partial charge in [-0.05, 0) is 37.5 Å². The molecule has 1 aliphatic rings. The van der Waals surface area contributed by atoms with Gasteiger partial charge >= 0.3 is 0 Å². The number of alkyl halides is 1. The van der Waals surface area contributed by atoms with E-state index in [-0.39, 0.29) is 41.1 Å². The lowest BCUT2D eigenvalue weighted by atomic mass is 9.72. The minimum atomic E-state index is -2.45. The maximum atomic E-state index is 15.6. The fourth-order valence-corrected chi connectivity index (χ4v) is 3.61. The van der Waals surface area contributed by atoms with E-state index in [9.17, 15) is 23.8 Å². The maximum absolute atomic E-state index is 15.6. The molecule has 0 spiro atoms. The van der Waals surface area contributed by atoms with Crippen molar-refractivity contribution in [3.05, 3.63) is 63.9 Å². The summed E-state index contributed by atoms with van der Waals surface area (Å²) in [5.41, 5.74) is -4.76. The van der Waals surface area contributed by atoms with Crippen LogP contribution in [0.2, 0.25) is 5.02 Å². The first-order chi connectivity index (χ1) is 12.7. The van der Waals surface area contributed by atoms with Crippen LogP contribution in [-0.2, 0) is 22.5 Å². The Bertz CT molecular complexity index is 871. The molecule has 0 amide bonds. The molecule has 144 valence electrons. The molecule has 0 unspecified atom stereocenters. The number of rotatable bonds is 5. The van der Waals surface area contributed by atoms with Crippen molar-refractivity contribution >= 4 is 17.4 Å². The van der Waals surface area contributed by atoms with E-state index in [1.165, 1.54) is 18.3 Å². The molecule has 2 N–H and O–H groups in total. The molecule has 0 saturated carbocycles. The van der Waals surface area contributed by atoms with E-state index in [0.717, 1.165) is 12.1 Å². The van der Waals surface area contributed by atoms with Crippen LogP contribution in [0.3, 0.4) is 0 Å². The molecule has 27 heavy (non-hydrogen) atoms. The van der Waals surface area contributed by atoms with Crippen LogP contribution in [0.4, 0.5) is 13.2 Å². The number of fused-ring (bicyclic) bond motifs is 1. The van der Waals surface area contributed by atoms with Gasteiger partial charge < -0.3 is 10.2 Å². The first-order valence-electron chi connectivity index (χ1n) is 8.36. The third-order valence-electron chi connectivity index (χ3n) is 4.97. The van der Waals surface area contributed by atoms with Gasteiger partial charge in [0.15, 0.2) is 11.5 Å². The molecule has 4 nitrogen and oxygen atoms in total. The summed E-state index contributed by atoms with van der Waals surface area (Å²) in [6.07, 6.45) is -0.0300. The van der Waals surface area contributed by atoms with Crippen molar-refractivity contribution in [1.29, 1.82) is 0 Å². The molecule has 8 heteroatoms. The fourth-order valence-electron chi connectivity index (χ4n) is 3.42. The third-order valence-corrected chi connectivity index (χ3v) is 5.19. The Kier molecular flexibility index (Phi) is 5.29. The Labute approximate surface area is 158 Å². The number of pyridine rings is 1. The zero-order chi connectivity index (χ0) is 19.8. The smallest absolute Gasteiger partial charge is 0.195 e. The molecule has 0 saturated heterocycles. The van der Waals surface area contributed by atoms with Crippen LogP contribution in [0.1, 0.15) is 36.1 Å². The van der Waals surface area contributed by atoms with E-state index in [1.54, 1.807) is 0 Å². The molecular formula is C19H17ClF3NO3. The highest BCUT2D eigenvalue weighted by Gasteiger charge is 2.51. The summed E-state index contributed by atoms with van der Waals surface area (Å²) in [6, 6.07) is 4.60. The molecule has 0 fully saturated rings. The minimum absolute atomic E-state index is 0.0987. The normalized spacial score (nSPS) is 24.5. The van der Waals surface area contributed by atoms with Crippen molar-refractivity contribution < 1.29 is 28.2 Å². The van der Waals surface area contributed by atoms with Gasteiger partial charge in [-0.25, -0.2) is 13.2 Å². The summed E-state index contributed by atoms with van der Waals surface area (Å²) in [5.74, 6) is -2.67. The summed E-state index contributed by atoms with van der Waals surface area (Å²) in [7, 11) is 0. The van der Waals surface area contributed by atoms with Gasteiger partial charge in [-0.15, -0.1) is 0 Å². The molecule has 1 aromatic heterocycles. The number of nitrogens with zero attached hydrogens (tertiary/aromatic N) is 1. The number of ketones is 1. The zero-order valence-corrected chi connectivity index (χ0v) is 14.9. The van der Waals surface area contributed by atoms with Gasteiger partial charge in [0.1, 0.15) is 17.2 Å². The summed E-state index contributed by atoms with van der Waals surface area (Å²) in [4.78, 5) is 16.6. The quantitative estimate of drug-likeness (QED) is 0.809. The largest absolute Gasteiger partial charge is 0.393 e. The van der Waals surface area contributed by atoms with Crippen molar-refractivity contribution in [1.82, 2.24) is 4.98 Å². The number of aliphatic hydroxyl groups excluding tert-OH is 1. The van der Waals surface area contributed by atoms with Crippen LogP contribution in [0.5, 0.6) is 0 Å². The highest BCUT2D eigenvalue weighted by atomic mass is 35.5. The van der Waals surface area contributed by atoms with Gasteiger partial charge in [0.2, 0.25) is 0 Å². The molecule has 1 aromatic carbocycles. The van der Waals surface area contributed by atoms with Crippen molar-refractivity contribution in [2.24, 2.45) is 0 Å². The average Bonchev–Trinajstić information content (AvgIpc) is 2.64. The Morgan fingerprint density at radius 3 is 2.56 bits per heavy atom. The van der Waals surface area contributed by atoms with E-state index in [2.05, 4.69) is 4.98 Å². The van der Waals surface area contributed by atoms with Crippen LogP contribution < -0.4 is 0 Å². The van der Waals surface area contributed by atoms with Gasteiger partial charge in [-0.2, -0.15) is 0 Å². The van der Waals surface area contributed by atoms with Crippen molar-refractivity contribution in [3.8, 4) is 0 Å². The van der Waals surface area contributed by atoms with Gasteiger partial charge in [-0.3, -0.25) is 9.78 Å². The molecule has 1 aliphatic carbocycles. The highest BCUT2D eigenvalue weighted by Crippen LogP contribution is 2.46.